The normalized spacial score (nSPS) is 14.5. The number of nitrogens with zero attached hydrogens (tertiary/aromatic N) is 6. The molecule has 1 aliphatic rings. The van der Waals surface area contributed by atoms with Crippen molar-refractivity contribution in [2.75, 3.05) is 23.0 Å². The second kappa shape index (κ2) is 12.0. The van der Waals surface area contributed by atoms with Gasteiger partial charge in [-0.25, -0.2) is 19.9 Å². The number of aromatic nitrogens is 4. The number of rotatable bonds is 10. The number of aryl methyl sites for hydroxylation is 2. The summed E-state index contributed by atoms with van der Waals surface area (Å²) in [5.41, 5.74) is 5.95. The Morgan fingerprint density at radius 1 is 1.11 bits per heavy atom. The standard InChI is InChI=1S/C29H39N7S/c1-8-18(3)36(7)29-26(34-21(6)30-16-22-10-14-24(15-11-22)37-9-2)20(5)33-28(35-29)25-19(4)31-17-32-27(25)23-12-13-23/h10-11,14-15,17-18,23H,8-9,12-13,16H2,1-7H3,(H,30,34)/t18-/m1/s1. The molecule has 1 fully saturated rings. The van der Waals surface area contributed by atoms with Gasteiger partial charge >= 0.3 is 0 Å². The molecule has 196 valence electrons. The highest BCUT2D eigenvalue weighted by Crippen LogP contribution is 2.44. The Labute approximate surface area is 225 Å². The topological polar surface area (TPSA) is 79.2 Å². The van der Waals surface area contributed by atoms with E-state index in [9.17, 15) is 0 Å². The number of nitrogens with one attached hydrogen (secondary N) is 1. The van der Waals surface area contributed by atoms with E-state index in [2.05, 4.69) is 72.3 Å². The van der Waals surface area contributed by atoms with E-state index in [1.54, 1.807) is 6.33 Å². The quantitative estimate of drug-likeness (QED) is 0.180. The minimum Gasteiger partial charge on any atom is -0.355 e. The van der Waals surface area contributed by atoms with Gasteiger partial charge in [0, 0.05) is 23.9 Å². The predicted octanol–water partition coefficient (Wildman–Crippen LogP) is 6.81. The van der Waals surface area contributed by atoms with Crippen molar-refractivity contribution in [1.29, 1.82) is 0 Å². The Bertz CT molecular complexity index is 1250. The van der Waals surface area contributed by atoms with Gasteiger partial charge in [0.1, 0.15) is 12.0 Å². The van der Waals surface area contributed by atoms with Gasteiger partial charge in [-0.3, -0.25) is 4.99 Å². The molecule has 7 nitrogen and oxygen atoms in total. The second-order valence-corrected chi connectivity index (χ2v) is 11.1. The van der Waals surface area contributed by atoms with E-state index in [1.807, 2.05) is 32.5 Å². The highest BCUT2D eigenvalue weighted by atomic mass is 32.2. The van der Waals surface area contributed by atoms with Crippen LogP contribution in [-0.2, 0) is 6.54 Å². The average Bonchev–Trinajstić information content (AvgIpc) is 3.74. The summed E-state index contributed by atoms with van der Waals surface area (Å²) < 4.78 is 0. The number of hydrogen-bond acceptors (Lipinski definition) is 7. The Morgan fingerprint density at radius 3 is 2.49 bits per heavy atom. The third-order valence-corrected chi connectivity index (χ3v) is 7.84. The number of hydrogen-bond donors (Lipinski definition) is 1. The molecule has 0 bridgehead atoms. The van der Waals surface area contributed by atoms with Crippen LogP contribution >= 0.6 is 11.8 Å². The van der Waals surface area contributed by atoms with Crippen LogP contribution in [0.5, 0.6) is 0 Å². The molecular formula is C29H39N7S. The van der Waals surface area contributed by atoms with Crippen molar-refractivity contribution in [1.82, 2.24) is 19.9 Å². The SMILES string of the molecule is CCSc1ccc(CN=C(C)Nc2c(C)nc(-c3c(C)ncnc3C3CC3)nc2N(C)[C@H](C)CC)cc1. The molecule has 1 N–H and O–H groups in total. The number of benzene rings is 1. The molecule has 0 saturated heterocycles. The lowest BCUT2D eigenvalue weighted by Crippen LogP contribution is -2.30. The zero-order valence-electron chi connectivity index (χ0n) is 23.2. The van der Waals surface area contributed by atoms with Crippen molar-refractivity contribution in [3.05, 3.63) is 53.2 Å². The van der Waals surface area contributed by atoms with Gasteiger partial charge in [0.2, 0.25) is 0 Å². The Hall–Kier alpha value is -3.00. The van der Waals surface area contributed by atoms with Crippen LogP contribution in [0.25, 0.3) is 11.4 Å². The van der Waals surface area contributed by atoms with E-state index >= 15 is 0 Å². The molecule has 1 aliphatic carbocycles. The first-order valence-electron chi connectivity index (χ1n) is 13.2. The van der Waals surface area contributed by atoms with Crippen LogP contribution in [0.1, 0.15) is 75.5 Å². The number of aliphatic imine (C=N–C) groups is 1. The van der Waals surface area contributed by atoms with Gasteiger partial charge in [-0.05, 0) is 70.4 Å². The third kappa shape index (κ3) is 6.47. The lowest BCUT2D eigenvalue weighted by atomic mass is 10.1. The number of amidine groups is 1. The maximum Gasteiger partial charge on any atom is 0.165 e. The molecule has 1 atom stereocenters. The highest BCUT2D eigenvalue weighted by molar-refractivity contribution is 7.99. The maximum atomic E-state index is 5.12. The van der Waals surface area contributed by atoms with E-state index < -0.39 is 0 Å². The highest BCUT2D eigenvalue weighted by Gasteiger charge is 2.31. The smallest absolute Gasteiger partial charge is 0.165 e. The van der Waals surface area contributed by atoms with Gasteiger partial charge in [-0.15, -0.1) is 11.8 Å². The first-order valence-corrected chi connectivity index (χ1v) is 14.2. The third-order valence-electron chi connectivity index (χ3n) is 6.95. The molecule has 1 saturated carbocycles. The summed E-state index contributed by atoms with van der Waals surface area (Å²) in [5.74, 6) is 3.97. The molecular weight excluding hydrogens is 478 g/mol. The van der Waals surface area contributed by atoms with Crippen LogP contribution in [0.3, 0.4) is 0 Å². The molecule has 2 heterocycles. The largest absolute Gasteiger partial charge is 0.355 e. The molecule has 1 aromatic carbocycles. The van der Waals surface area contributed by atoms with Crippen molar-refractivity contribution in [3.8, 4) is 11.4 Å². The van der Waals surface area contributed by atoms with Crippen molar-refractivity contribution in [2.24, 2.45) is 4.99 Å². The van der Waals surface area contributed by atoms with E-state index in [1.165, 1.54) is 10.5 Å². The van der Waals surface area contributed by atoms with Crippen molar-refractivity contribution >= 4 is 29.1 Å². The summed E-state index contributed by atoms with van der Waals surface area (Å²) in [7, 11) is 2.10. The Balaban J connectivity index is 1.66. The monoisotopic (exact) mass is 517 g/mol. The minimum atomic E-state index is 0.315. The maximum absolute atomic E-state index is 5.12. The van der Waals surface area contributed by atoms with Gasteiger partial charge in [-0.1, -0.05) is 26.0 Å². The summed E-state index contributed by atoms with van der Waals surface area (Å²) in [6, 6.07) is 8.96. The zero-order chi connectivity index (χ0) is 26.5. The van der Waals surface area contributed by atoms with E-state index in [4.69, 9.17) is 15.0 Å². The van der Waals surface area contributed by atoms with Gasteiger partial charge in [0.15, 0.2) is 11.6 Å². The van der Waals surface area contributed by atoms with Crippen LogP contribution in [-0.4, -0.2) is 44.6 Å². The Morgan fingerprint density at radius 2 is 1.84 bits per heavy atom. The zero-order valence-corrected chi connectivity index (χ0v) is 24.0. The lowest BCUT2D eigenvalue weighted by molar-refractivity contribution is 0.657. The molecule has 3 aromatic rings. The van der Waals surface area contributed by atoms with Gasteiger partial charge in [0.25, 0.3) is 0 Å². The summed E-state index contributed by atoms with van der Waals surface area (Å²) in [5, 5.41) is 3.53. The van der Waals surface area contributed by atoms with E-state index in [0.717, 1.165) is 65.0 Å². The van der Waals surface area contributed by atoms with Crippen molar-refractivity contribution in [2.45, 2.75) is 84.2 Å². The van der Waals surface area contributed by atoms with E-state index in [0.29, 0.717) is 24.3 Å². The van der Waals surface area contributed by atoms with Gasteiger partial charge in [0.05, 0.1) is 35.0 Å². The van der Waals surface area contributed by atoms with Crippen molar-refractivity contribution < 1.29 is 0 Å². The van der Waals surface area contributed by atoms with Crippen LogP contribution in [0.2, 0.25) is 0 Å². The first-order chi connectivity index (χ1) is 17.8. The summed E-state index contributed by atoms with van der Waals surface area (Å²) in [4.78, 5) is 27.5. The fourth-order valence-electron chi connectivity index (χ4n) is 4.28. The molecule has 0 radical (unpaired) electrons. The van der Waals surface area contributed by atoms with Crippen LogP contribution < -0.4 is 10.2 Å². The van der Waals surface area contributed by atoms with E-state index in [-0.39, 0.29) is 0 Å². The first kappa shape index (κ1) is 27.0. The molecule has 0 amide bonds. The molecule has 0 spiro atoms. The molecule has 0 unspecified atom stereocenters. The molecule has 4 rings (SSSR count). The van der Waals surface area contributed by atoms with Gasteiger partial charge in [-0.2, -0.15) is 0 Å². The molecule has 37 heavy (non-hydrogen) atoms. The fourth-order valence-corrected chi connectivity index (χ4v) is 4.94. The summed E-state index contributed by atoms with van der Waals surface area (Å²) >= 11 is 1.85. The fraction of sp³-hybridized carbons (Fsp3) is 0.483. The lowest BCUT2D eigenvalue weighted by Gasteiger charge is -2.28. The van der Waals surface area contributed by atoms with Crippen LogP contribution in [0.4, 0.5) is 11.5 Å². The number of anilines is 2. The molecule has 8 heteroatoms. The second-order valence-electron chi connectivity index (χ2n) is 9.80. The summed E-state index contributed by atoms with van der Waals surface area (Å²) in [6.45, 7) is 13.3. The predicted molar refractivity (Wildman–Crippen MR) is 156 cm³/mol. The summed E-state index contributed by atoms with van der Waals surface area (Å²) in [6.07, 6.45) is 5.00. The minimum absolute atomic E-state index is 0.315. The Kier molecular flexibility index (Phi) is 8.79. The molecule has 0 aliphatic heterocycles. The van der Waals surface area contributed by atoms with Crippen LogP contribution in [0.15, 0.2) is 40.5 Å². The van der Waals surface area contributed by atoms with Crippen LogP contribution in [0, 0.1) is 13.8 Å². The van der Waals surface area contributed by atoms with Crippen molar-refractivity contribution in [3.63, 3.8) is 0 Å². The van der Waals surface area contributed by atoms with Gasteiger partial charge < -0.3 is 10.2 Å². The average molecular weight is 518 g/mol. The number of thioether (sulfide) groups is 1. The molecule has 2 aromatic heterocycles.